The first-order valence-electron chi connectivity index (χ1n) is 24.3. The third kappa shape index (κ3) is 6.00. The van der Waals surface area contributed by atoms with E-state index in [9.17, 15) is 0 Å². The number of benzene rings is 11. The third-order valence-electron chi connectivity index (χ3n) is 15.0. The molecular formula is C66H43N5. The van der Waals surface area contributed by atoms with Crippen molar-refractivity contribution < 1.29 is 0 Å². The highest BCUT2D eigenvalue weighted by Crippen LogP contribution is 2.48. The van der Waals surface area contributed by atoms with Gasteiger partial charge in [-0.1, -0.05) is 164 Å². The largest absolute Gasteiger partial charge is 0.398 e. The van der Waals surface area contributed by atoms with Crippen molar-refractivity contribution in [3.8, 4) is 66.8 Å². The molecule has 0 amide bonds. The van der Waals surface area contributed by atoms with Crippen LogP contribution in [0.25, 0.3) is 154 Å². The number of nitrogens with two attached hydrogens (primary N) is 1. The number of rotatable bonds is 6. The second-order valence-corrected chi connectivity index (χ2v) is 18.9. The molecule has 15 rings (SSSR count). The minimum atomic E-state index is 0.705. The van der Waals surface area contributed by atoms with Crippen molar-refractivity contribution in [2.45, 2.75) is 0 Å². The molecule has 0 atom stereocenters. The average molecular weight is 906 g/mol. The molecule has 5 heteroatoms. The van der Waals surface area contributed by atoms with Crippen LogP contribution in [0.15, 0.2) is 224 Å². The van der Waals surface area contributed by atoms with Gasteiger partial charge in [0.2, 0.25) is 0 Å². The van der Waals surface area contributed by atoms with Crippen LogP contribution in [0.2, 0.25) is 0 Å². The first-order valence-corrected chi connectivity index (χ1v) is 24.3. The molecule has 71 heavy (non-hydrogen) atoms. The first-order chi connectivity index (χ1) is 35.1. The maximum atomic E-state index is 7.28. The van der Waals surface area contributed by atoms with E-state index in [2.05, 4.69) is 244 Å². The van der Waals surface area contributed by atoms with Crippen molar-refractivity contribution in [1.29, 1.82) is 0 Å². The fraction of sp³-hybridized carbons (Fsp3) is 0. The maximum absolute atomic E-state index is 7.28. The van der Waals surface area contributed by atoms with Crippen molar-refractivity contribution in [2.24, 2.45) is 0 Å². The standard InChI is InChI=1S/C66H43N5/c67-56-32-27-40(51-34-41(35-53-47-21-9-13-25-59(47)68-63(51)53)61-43(38-15-3-1-4-16-38)28-30-49-45-19-7-11-23-57(45)70-65(49)61)33-52(56)55-37-42(36-54-48-22-10-14-26-60(48)69-64(54)55)62-44(39-17-5-2-6-18-39)29-31-50-46-20-8-12-24-58(46)71-66(50)62/h1-37,68-71H,67H2. The third-order valence-corrected chi connectivity index (χ3v) is 15.0. The van der Waals surface area contributed by atoms with Gasteiger partial charge in [-0.15, -0.1) is 0 Å². The van der Waals surface area contributed by atoms with Gasteiger partial charge in [0.05, 0.1) is 22.1 Å². The highest BCUT2D eigenvalue weighted by molar-refractivity contribution is 6.21. The predicted octanol–water partition coefficient (Wildman–Crippen LogP) is 17.8. The lowest BCUT2D eigenvalue weighted by molar-refractivity contribution is 1.51. The van der Waals surface area contributed by atoms with Gasteiger partial charge in [0.1, 0.15) is 0 Å². The van der Waals surface area contributed by atoms with E-state index in [-0.39, 0.29) is 0 Å². The number of H-pyrrole nitrogens is 4. The molecule has 0 fully saturated rings. The van der Waals surface area contributed by atoms with Crippen LogP contribution in [0, 0.1) is 0 Å². The molecule has 332 valence electrons. The Morgan fingerprint density at radius 1 is 0.225 bits per heavy atom. The van der Waals surface area contributed by atoms with E-state index >= 15 is 0 Å². The molecule has 0 aliphatic carbocycles. The Balaban J connectivity index is 1.01. The highest BCUT2D eigenvalue weighted by atomic mass is 14.7. The fourth-order valence-corrected chi connectivity index (χ4v) is 11.7. The number of hydrogen-bond acceptors (Lipinski definition) is 1. The van der Waals surface area contributed by atoms with Crippen LogP contribution in [0.1, 0.15) is 0 Å². The number of fused-ring (bicyclic) bond motifs is 12. The smallest absolute Gasteiger partial charge is 0.0550 e. The second kappa shape index (κ2) is 15.2. The summed E-state index contributed by atoms with van der Waals surface area (Å²) in [5, 5.41) is 9.46. The molecular weight excluding hydrogens is 863 g/mol. The van der Waals surface area contributed by atoms with E-state index in [4.69, 9.17) is 5.73 Å². The fourth-order valence-electron chi connectivity index (χ4n) is 11.7. The van der Waals surface area contributed by atoms with E-state index in [1.807, 2.05) is 0 Å². The summed E-state index contributed by atoms with van der Waals surface area (Å²) in [6.45, 7) is 0. The van der Waals surface area contributed by atoms with Crippen LogP contribution >= 0.6 is 0 Å². The second-order valence-electron chi connectivity index (χ2n) is 18.9. The van der Waals surface area contributed by atoms with Gasteiger partial charge in [0.25, 0.3) is 0 Å². The summed E-state index contributed by atoms with van der Waals surface area (Å²) in [6.07, 6.45) is 0. The van der Waals surface area contributed by atoms with E-state index in [0.29, 0.717) is 5.69 Å². The lowest BCUT2D eigenvalue weighted by Crippen LogP contribution is -1.95. The van der Waals surface area contributed by atoms with Gasteiger partial charge in [-0.3, -0.25) is 0 Å². The number of aromatic amines is 4. The van der Waals surface area contributed by atoms with Gasteiger partial charge in [0.15, 0.2) is 0 Å². The topological polar surface area (TPSA) is 89.2 Å². The zero-order valence-electron chi connectivity index (χ0n) is 38.4. The minimum Gasteiger partial charge on any atom is -0.398 e. The average Bonchev–Trinajstić information content (AvgIpc) is 4.21. The molecule has 5 nitrogen and oxygen atoms in total. The van der Waals surface area contributed by atoms with Crippen molar-refractivity contribution in [2.75, 3.05) is 5.73 Å². The monoisotopic (exact) mass is 905 g/mol. The summed E-state index contributed by atoms with van der Waals surface area (Å²) in [5.41, 5.74) is 30.1. The Morgan fingerprint density at radius 3 is 1.08 bits per heavy atom. The van der Waals surface area contributed by atoms with Crippen LogP contribution in [0.3, 0.4) is 0 Å². The molecule has 0 aliphatic rings. The summed E-state index contributed by atoms with van der Waals surface area (Å²) in [7, 11) is 0. The minimum absolute atomic E-state index is 0.705. The van der Waals surface area contributed by atoms with Crippen LogP contribution in [0.4, 0.5) is 5.69 Å². The van der Waals surface area contributed by atoms with Crippen molar-refractivity contribution in [3.63, 3.8) is 0 Å². The van der Waals surface area contributed by atoms with Crippen LogP contribution in [-0.2, 0) is 0 Å². The summed E-state index contributed by atoms with van der Waals surface area (Å²) in [4.78, 5) is 15.5. The number of anilines is 1. The molecule has 0 radical (unpaired) electrons. The number of para-hydroxylation sites is 4. The zero-order chi connectivity index (χ0) is 46.7. The van der Waals surface area contributed by atoms with E-state index in [1.54, 1.807) is 0 Å². The van der Waals surface area contributed by atoms with Crippen LogP contribution in [0.5, 0.6) is 0 Å². The van der Waals surface area contributed by atoms with Crippen molar-refractivity contribution in [3.05, 3.63) is 224 Å². The van der Waals surface area contributed by atoms with Gasteiger partial charge >= 0.3 is 0 Å². The van der Waals surface area contributed by atoms with E-state index < -0.39 is 0 Å². The quantitative estimate of drug-likeness (QED) is 0.106. The van der Waals surface area contributed by atoms with Crippen LogP contribution in [-0.4, -0.2) is 19.9 Å². The van der Waals surface area contributed by atoms with Gasteiger partial charge in [-0.05, 0) is 99.6 Å². The van der Waals surface area contributed by atoms with Gasteiger partial charge in [-0.2, -0.15) is 0 Å². The molecule has 4 heterocycles. The molecule has 11 aromatic carbocycles. The molecule has 0 bridgehead atoms. The number of hydrogen-bond donors (Lipinski definition) is 5. The summed E-state index contributed by atoms with van der Waals surface area (Å²) in [6, 6.07) is 81.2. The van der Waals surface area contributed by atoms with Crippen LogP contribution < -0.4 is 5.73 Å². The Kier molecular flexibility index (Phi) is 8.45. The first kappa shape index (κ1) is 39.4. The molecule has 0 unspecified atom stereocenters. The van der Waals surface area contributed by atoms with E-state index in [1.165, 1.54) is 54.4 Å². The predicted molar refractivity (Wildman–Crippen MR) is 301 cm³/mol. The Bertz CT molecular complexity index is 4640. The number of aromatic nitrogens is 4. The zero-order valence-corrected chi connectivity index (χ0v) is 38.4. The Labute approximate surface area is 407 Å². The molecule has 4 aromatic heterocycles. The lowest BCUT2D eigenvalue weighted by Gasteiger charge is -2.17. The van der Waals surface area contributed by atoms with Crippen molar-refractivity contribution >= 4 is 92.9 Å². The van der Waals surface area contributed by atoms with Gasteiger partial charge in [-0.25, -0.2) is 0 Å². The molecule has 0 aliphatic heterocycles. The summed E-state index contributed by atoms with van der Waals surface area (Å²) in [5.74, 6) is 0. The van der Waals surface area contributed by atoms with Gasteiger partial charge < -0.3 is 25.7 Å². The molecule has 0 saturated heterocycles. The van der Waals surface area contributed by atoms with Crippen molar-refractivity contribution in [1.82, 2.24) is 19.9 Å². The lowest BCUT2D eigenvalue weighted by atomic mass is 9.87. The van der Waals surface area contributed by atoms with Gasteiger partial charge in [0, 0.05) is 98.7 Å². The maximum Gasteiger partial charge on any atom is 0.0550 e. The SMILES string of the molecule is Nc1ccc(-c2cc(-c3c(-c4ccccc4)ccc4c3[nH]c3ccccc34)cc3c2[nH]c2ccccc23)cc1-c1cc(-c2c(-c3ccccc3)ccc3c2[nH]c2ccccc23)cc2c1[nH]c1ccccc12. The molecule has 0 saturated carbocycles. The number of nitrogens with one attached hydrogen (secondary N) is 4. The number of nitrogen functional groups attached to an aromatic ring is 1. The van der Waals surface area contributed by atoms with E-state index in [0.717, 1.165) is 99.6 Å². The normalized spacial score (nSPS) is 12.0. The Hall–Kier alpha value is -9.58. The summed E-state index contributed by atoms with van der Waals surface area (Å²) < 4.78 is 0. The summed E-state index contributed by atoms with van der Waals surface area (Å²) >= 11 is 0. The molecule has 0 spiro atoms. The highest BCUT2D eigenvalue weighted by Gasteiger charge is 2.23. The molecule has 6 N–H and O–H groups in total. The molecule has 15 aromatic rings. The Morgan fingerprint density at radius 2 is 0.606 bits per heavy atom.